The van der Waals surface area contributed by atoms with Crippen LogP contribution in [0.15, 0.2) is 29.1 Å². The lowest BCUT2D eigenvalue weighted by molar-refractivity contribution is -0.144. The SMILES string of the molecule is CC(C)OC(=O)CSC(C)c1nc2ccccc2c(=O)[nH]1. The molecule has 0 spiro atoms. The van der Waals surface area contributed by atoms with Crippen molar-refractivity contribution < 1.29 is 9.53 Å². The van der Waals surface area contributed by atoms with Crippen LogP contribution in [0.3, 0.4) is 0 Å². The molecule has 1 heterocycles. The van der Waals surface area contributed by atoms with E-state index in [0.29, 0.717) is 16.7 Å². The van der Waals surface area contributed by atoms with Gasteiger partial charge in [0.25, 0.3) is 5.56 Å². The Labute approximate surface area is 127 Å². The Bertz CT molecular complexity index is 697. The molecule has 0 saturated carbocycles. The van der Waals surface area contributed by atoms with Crippen molar-refractivity contribution in [3.8, 4) is 0 Å². The molecule has 1 unspecified atom stereocenters. The van der Waals surface area contributed by atoms with Crippen LogP contribution in [-0.4, -0.2) is 27.8 Å². The minimum Gasteiger partial charge on any atom is -0.462 e. The summed E-state index contributed by atoms with van der Waals surface area (Å²) in [5.41, 5.74) is 0.501. The third-order valence-corrected chi connectivity index (χ3v) is 3.96. The Morgan fingerprint density at radius 1 is 1.33 bits per heavy atom. The molecule has 1 aromatic carbocycles. The van der Waals surface area contributed by atoms with Crippen LogP contribution >= 0.6 is 11.8 Å². The molecule has 2 rings (SSSR count). The number of rotatable bonds is 5. The predicted octanol–water partition coefficient (Wildman–Crippen LogP) is 2.67. The predicted molar refractivity (Wildman–Crippen MR) is 84.5 cm³/mol. The average molecular weight is 306 g/mol. The van der Waals surface area contributed by atoms with E-state index in [9.17, 15) is 9.59 Å². The lowest BCUT2D eigenvalue weighted by atomic mass is 10.2. The highest BCUT2D eigenvalue weighted by Gasteiger charge is 2.14. The van der Waals surface area contributed by atoms with Crippen molar-refractivity contribution in [1.82, 2.24) is 9.97 Å². The number of ether oxygens (including phenoxy) is 1. The molecule has 2 aromatic rings. The maximum Gasteiger partial charge on any atom is 0.316 e. The third kappa shape index (κ3) is 4.07. The van der Waals surface area contributed by atoms with Gasteiger partial charge in [-0.1, -0.05) is 12.1 Å². The summed E-state index contributed by atoms with van der Waals surface area (Å²) in [5, 5.41) is 0.472. The number of nitrogens with one attached hydrogen (secondary N) is 1. The Hall–Kier alpha value is -1.82. The topological polar surface area (TPSA) is 72.0 Å². The van der Waals surface area contributed by atoms with Crippen LogP contribution < -0.4 is 5.56 Å². The molecule has 5 nitrogen and oxygen atoms in total. The fourth-order valence-electron chi connectivity index (χ4n) is 1.87. The maximum atomic E-state index is 12.0. The molecule has 0 saturated heterocycles. The molecular weight excluding hydrogens is 288 g/mol. The average Bonchev–Trinajstić information content (AvgIpc) is 2.44. The number of aromatic nitrogens is 2. The second kappa shape index (κ2) is 6.76. The van der Waals surface area contributed by atoms with Gasteiger partial charge in [0.1, 0.15) is 5.82 Å². The fraction of sp³-hybridized carbons (Fsp3) is 0.400. The van der Waals surface area contributed by atoms with Gasteiger partial charge in [-0.15, -0.1) is 11.8 Å². The largest absolute Gasteiger partial charge is 0.462 e. The molecule has 1 aromatic heterocycles. The van der Waals surface area contributed by atoms with Gasteiger partial charge in [0, 0.05) is 0 Å². The molecule has 6 heteroatoms. The summed E-state index contributed by atoms with van der Waals surface area (Å²) in [6.45, 7) is 5.53. The van der Waals surface area contributed by atoms with Crippen LogP contribution in [-0.2, 0) is 9.53 Å². The summed E-state index contributed by atoms with van der Waals surface area (Å²) < 4.78 is 5.08. The monoisotopic (exact) mass is 306 g/mol. The van der Waals surface area contributed by atoms with Crippen molar-refractivity contribution in [1.29, 1.82) is 0 Å². The molecule has 1 atom stereocenters. The first-order chi connectivity index (χ1) is 9.97. The first-order valence-corrected chi connectivity index (χ1v) is 7.82. The summed E-state index contributed by atoms with van der Waals surface area (Å²) in [6.07, 6.45) is -0.119. The zero-order chi connectivity index (χ0) is 15.4. The van der Waals surface area contributed by atoms with E-state index >= 15 is 0 Å². The molecular formula is C15H18N2O3S. The van der Waals surface area contributed by atoms with E-state index in [1.165, 1.54) is 11.8 Å². The van der Waals surface area contributed by atoms with Crippen LogP contribution in [0.1, 0.15) is 31.8 Å². The standard InChI is InChI=1S/C15H18N2O3S/c1-9(2)20-13(18)8-21-10(3)14-16-12-7-5-4-6-11(12)15(19)17-14/h4-7,9-10H,8H2,1-3H3,(H,16,17,19). The molecule has 1 N–H and O–H groups in total. The normalized spacial score (nSPS) is 12.6. The van der Waals surface area contributed by atoms with Crippen LogP contribution in [0.4, 0.5) is 0 Å². The van der Waals surface area contributed by atoms with E-state index in [2.05, 4.69) is 9.97 Å². The Morgan fingerprint density at radius 3 is 2.76 bits per heavy atom. The molecule has 0 aliphatic carbocycles. The minimum atomic E-state index is -0.259. The highest BCUT2D eigenvalue weighted by atomic mass is 32.2. The van der Waals surface area contributed by atoms with Gasteiger partial charge in [-0.3, -0.25) is 9.59 Å². The highest BCUT2D eigenvalue weighted by Crippen LogP contribution is 2.25. The molecule has 0 amide bonds. The van der Waals surface area contributed by atoms with Crippen molar-refractivity contribution >= 4 is 28.6 Å². The first kappa shape index (κ1) is 15.6. The number of carbonyl (C=O) groups excluding carboxylic acids is 1. The number of carbonyl (C=O) groups is 1. The Kier molecular flexibility index (Phi) is 5.01. The molecule has 112 valence electrons. The van der Waals surface area contributed by atoms with Gasteiger partial charge in [0.15, 0.2) is 0 Å². The number of hydrogen-bond acceptors (Lipinski definition) is 5. The lowest BCUT2D eigenvalue weighted by Crippen LogP contribution is -2.16. The number of esters is 1. The number of para-hydroxylation sites is 1. The van der Waals surface area contributed by atoms with E-state index in [0.717, 1.165) is 0 Å². The van der Waals surface area contributed by atoms with Gasteiger partial charge < -0.3 is 9.72 Å². The lowest BCUT2D eigenvalue weighted by Gasteiger charge is -2.12. The van der Waals surface area contributed by atoms with Crippen molar-refractivity contribution in [2.24, 2.45) is 0 Å². The molecule has 0 radical (unpaired) electrons. The smallest absolute Gasteiger partial charge is 0.316 e. The quantitative estimate of drug-likeness (QED) is 0.860. The molecule has 0 bridgehead atoms. The van der Waals surface area contributed by atoms with E-state index in [4.69, 9.17) is 4.74 Å². The zero-order valence-electron chi connectivity index (χ0n) is 12.3. The minimum absolute atomic E-state index is 0.0954. The number of thioether (sulfide) groups is 1. The van der Waals surface area contributed by atoms with Gasteiger partial charge in [0.2, 0.25) is 0 Å². The van der Waals surface area contributed by atoms with E-state index in [-0.39, 0.29) is 28.6 Å². The van der Waals surface area contributed by atoms with Crippen molar-refractivity contribution in [3.63, 3.8) is 0 Å². The van der Waals surface area contributed by atoms with Crippen LogP contribution in [0.2, 0.25) is 0 Å². The van der Waals surface area contributed by atoms with Gasteiger partial charge in [-0.2, -0.15) is 0 Å². The fourth-order valence-corrected chi connectivity index (χ4v) is 2.59. The first-order valence-electron chi connectivity index (χ1n) is 6.77. The van der Waals surface area contributed by atoms with E-state index in [1.807, 2.05) is 26.8 Å². The molecule has 0 aliphatic rings. The van der Waals surface area contributed by atoms with E-state index < -0.39 is 0 Å². The van der Waals surface area contributed by atoms with Crippen molar-refractivity contribution in [2.75, 3.05) is 5.75 Å². The zero-order valence-corrected chi connectivity index (χ0v) is 13.1. The summed E-state index contributed by atoms with van der Waals surface area (Å²) in [5.74, 6) is 0.543. The number of H-pyrrole nitrogens is 1. The second-order valence-corrected chi connectivity index (χ2v) is 6.29. The second-order valence-electron chi connectivity index (χ2n) is 4.96. The number of nitrogens with zero attached hydrogens (tertiary/aromatic N) is 1. The van der Waals surface area contributed by atoms with Crippen LogP contribution in [0, 0.1) is 0 Å². The van der Waals surface area contributed by atoms with Gasteiger partial charge in [0.05, 0.1) is 28.0 Å². The molecule has 0 fully saturated rings. The highest BCUT2D eigenvalue weighted by molar-refractivity contribution is 8.00. The van der Waals surface area contributed by atoms with Crippen molar-refractivity contribution in [3.05, 3.63) is 40.4 Å². The Morgan fingerprint density at radius 2 is 2.05 bits per heavy atom. The Balaban J connectivity index is 2.11. The number of fused-ring (bicyclic) bond motifs is 1. The third-order valence-electron chi connectivity index (χ3n) is 2.83. The maximum absolute atomic E-state index is 12.0. The summed E-state index contributed by atoms with van der Waals surface area (Å²) in [6, 6.07) is 7.19. The van der Waals surface area contributed by atoms with Crippen LogP contribution in [0.5, 0.6) is 0 Å². The molecule has 21 heavy (non-hydrogen) atoms. The van der Waals surface area contributed by atoms with Gasteiger partial charge in [-0.25, -0.2) is 4.98 Å². The van der Waals surface area contributed by atoms with Gasteiger partial charge in [-0.05, 0) is 32.9 Å². The number of aromatic amines is 1. The number of hydrogen-bond donors (Lipinski definition) is 1. The summed E-state index contributed by atoms with van der Waals surface area (Å²) in [4.78, 5) is 30.7. The summed E-state index contributed by atoms with van der Waals surface area (Å²) >= 11 is 1.39. The molecule has 0 aliphatic heterocycles. The van der Waals surface area contributed by atoms with Gasteiger partial charge >= 0.3 is 5.97 Å². The number of benzene rings is 1. The van der Waals surface area contributed by atoms with E-state index in [1.54, 1.807) is 18.2 Å². The van der Waals surface area contributed by atoms with Crippen molar-refractivity contribution in [2.45, 2.75) is 32.1 Å². The summed E-state index contributed by atoms with van der Waals surface area (Å²) in [7, 11) is 0. The van der Waals surface area contributed by atoms with Crippen LogP contribution in [0.25, 0.3) is 10.9 Å².